The minimum absolute atomic E-state index is 0. The number of carbonyl (C=O) groups is 2. The Morgan fingerprint density at radius 2 is 1.33 bits per heavy atom. The fourth-order valence-electron chi connectivity index (χ4n) is 0. The number of rotatable bonds is 0. The Morgan fingerprint density at radius 3 is 1.33 bits per heavy atom. The molecule has 6 heteroatoms. The van der Waals surface area contributed by atoms with Gasteiger partial charge in [0.2, 0.25) is 0 Å². The maximum Gasteiger partial charge on any atom is 1.00 e. The van der Waals surface area contributed by atoms with E-state index in [4.69, 9.17) is 19.8 Å². The van der Waals surface area contributed by atoms with Gasteiger partial charge >= 0.3 is 103 Å². The Bertz CT molecular complexity index is 60.8. The van der Waals surface area contributed by atoms with Gasteiger partial charge in [-0.25, -0.2) is 0 Å². The second kappa shape index (κ2) is 22.5. The maximum atomic E-state index is 8.81. The number of aldehydes is 1. The predicted molar refractivity (Wildman–Crippen MR) is 17.1 cm³/mol. The molecule has 9 heavy (non-hydrogen) atoms. The summed E-state index contributed by atoms with van der Waals surface area (Å²) in [5.74, 6) is 0. The summed E-state index contributed by atoms with van der Waals surface area (Å²) in [6, 6.07) is 0. The Labute approximate surface area is 138 Å². The van der Waals surface area contributed by atoms with E-state index in [1.807, 2.05) is 0 Å². The van der Waals surface area contributed by atoms with Crippen molar-refractivity contribution in [2.45, 2.75) is 6.92 Å². The van der Waals surface area contributed by atoms with Gasteiger partial charge < -0.3 is 19.8 Å². The first-order valence-corrected chi connectivity index (χ1v) is 1.43. The molecule has 0 aliphatic heterocycles. The van der Waals surface area contributed by atoms with Crippen LogP contribution in [-0.2, 0) is 4.79 Å². The van der Waals surface area contributed by atoms with Gasteiger partial charge in [0.1, 0.15) is 6.29 Å². The van der Waals surface area contributed by atoms with Crippen LogP contribution in [0, 0.1) is 0 Å². The molecule has 0 aliphatic carbocycles. The van der Waals surface area contributed by atoms with Crippen LogP contribution in [0.3, 0.4) is 0 Å². The van der Waals surface area contributed by atoms with Gasteiger partial charge in [-0.1, -0.05) is 0 Å². The van der Waals surface area contributed by atoms with E-state index >= 15 is 0 Å². The first-order chi connectivity index (χ1) is 3.15. The Morgan fingerprint density at radius 1 is 1.33 bits per heavy atom. The fourth-order valence-corrected chi connectivity index (χ4v) is 0. The van der Waals surface area contributed by atoms with Crippen LogP contribution in [0.2, 0.25) is 0 Å². The van der Waals surface area contributed by atoms with Gasteiger partial charge in [-0.2, -0.15) is 0 Å². The SMILES string of the molecule is CC=O.O=C([O-])[O-].[K+].[K+]. The maximum absolute atomic E-state index is 8.81. The van der Waals surface area contributed by atoms with Gasteiger partial charge in [0.25, 0.3) is 0 Å². The molecule has 0 saturated carbocycles. The quantitative estimate of drug-likeness (QED) is 0.275. The second-order valence-electron chi connectivity index (χ2n) is 0.486. The minimum atomic E-state index is -2.33. The van der Waals surface area contributed by atoms with Crippen molar-refractivity contribution in [2.24, 2.45) is 0 Å². The Kier molecular flexibility index (Phi) is 56.1. The molecule has 0 aliphatic rings. The van der Waals surface area contributed by atoms with E-state index in [0.29, 0.717) is 0 Å². The summed E-state index contributed by atoms with van der Waals surface area (Å²) in [4.78, 5) is 17.1. The average molecular weight is 182 g/mol. The van der Waals surface area contributed by atoms with Gasteiger partial charge in [-0.15, -0.1) is 0 Å². The summed E-state index contributed by atoms with van der Waals surface area (Å²) in [6.07, 6.45) is -1.58. The van der Waals surface area contributed by atoms with E-state index in [0.717, 1.165) is 6.29 Å². The van der Waals surface area contributed by atoms with E-state index < -0.39 is 6.16 Å². The third-order valence-electron chi connectivity index (χ3n) is 0. The summed E-state index contributed by atoms with van der Waals surface area (Å²) in [5.41, 5.74) is 0. The van der Waals surface area contributed by atoms with Crippen LogP contribution in [-0.4, -0.2) is 12.4 Å². The molecule has 42 valence electrons. The number of carboxylic acid groups (broad SMARTS) is 2. The topological polar surface area (TPSA) is 80.3 Å². The van der Waals surface area contributed by atoms with Crippen LogP contribution in [0.25, 0.3) is 0 Å². The summed E-state index contributed by atoms with van der Waals surface area (Å²) >= 11 is 0. The molecule has 0 amide bonds. The summed E-state index contributed by atoms with van der Waals surface area (Å²) in [6.45, 7) is 1.44. The number of hydrogen-bond acceptors (Lipinski definition) is 4. The molecule has 0 aromatic heterocycles. The molecule has 0 unspecified atom stereocenters. The third-order valence-corrected chi connectivity index (χ3v) is 0. The van der Waals surface area contributed by atoms with Crippen LogP contribution in [0.1, 0.15) is 6.92 Å². The average Bonchev–Trinajstić information content (AvgIpc) is 1.33. The van der Waals surface area contributed by atoms with E-state index in [2.05, 4.69) is 0 Å². The van der Waals surface area contributed by atoms with E-state index in [-0.39, 0.29) is 103 Å². The monoisotopic (exact) mass is 182 g/mol. The van der Waals surface area contributed by atoms with E-state index in [9.17, 15) is 0 Å². The standard InChI is InChI=1S/C2H4O.CH2O3.2K/c1-2-3;2-1(3)4;;/h2H,1H3;(H2,2,3,4);;/q;;2*+1/p-2. The molecule has 0 radical (unpaired) electrons. The molecule has 0 aromatic carbocycles. The predicted octanol–water partition coefficient (Wildman–Crippen LogP) is -8.23. The molecule has 0 rings (SSSR count). The van der Waals surface area contributed by atoms with Gasteiger partial charge in [0.05, 0.1) is 0 Å². The van der Waals surface area contributed by atoms with Crippen LogP contribution in [0.5, 0.6) is 0 Å². The third kappa shape index (κ3) is 141. The molecular formula is C3H4K2O4. The van der Waals surface area contributed by atoms with Crippen molar-refractivity contribution in [3.63, 3.8) is 0 Å². The number of hydrogen-bond donors (Lipinski definition) is 0. The van der Waals surface area contributed by atoms with Crippen LogP contribution >= 0.6 is 0 Å². The van der Waals surface area contributed by atoms with Crippen molar-refractivity contribution in [1.29, 1.82) is 0 Å². The first kappa shape index (κ1) is 22.5. The van der Waals surface area contributed by atoms with Crippen LogP contribution in [0.4, 0.5) is 4.79 Å². The molecule has 0 saturated heterocycles. The zero-order valence-electron chi connectivity index (χ0n) is 5.71. The Balaban J connectivity index is -0.0000000233. The van der Waals surface area contributed by atoms with Crippen molar-refractivity contribution in [2.75, 3.05) is 0 Å². The van der Waals surface area contributed by atoms with Gasteiger partial charge in [-0.05, 0) is 13.1 Å². The minimum Gasteiger partial charge on any atom is -0.652 e. The molecule has 0 aromatic rings. The molecular weight excluding hydrogens is 178 g/mol. The fraction of sp³-hybridized carbons (Fsp3) is 0.333. The molecule has 0 spiro atoms. The molecule has 0 fully saturated rings. The first-order valence-electron chi connectivity index (χ1n) is 1.43. The smallest absolute Gasteiger partial charge is 0.652 e. The molecule has 0 atom stereocenters. The normalized spacial score (nSPS) is 4.11. The molecule has 0 heterocycles. The Hall–Kier alpha value is 2.21. The number of carbonyl (C=O) groups excluding carboxylic acids is 2. The molecule has 4 nitrogen and oxygen atoms in total. The van der Waals surface area contributed by atoms with Crippen LogP contribution in [0.15, 0.2) is 0 Å². The van der Waals surface area contributed by atoms with E-state index in [1.54, 1.807) is 0 Å². The zero-order valence-corrected chi connectivity index (χ0v) is 12.0. The van der Waals surface area contributed by atoms with Crippen molar-refractivity contribution in [3.05, 3.63) is 0 Å². The summed E-state index contributed by atoms with van der Waals surface area (Å²) in [5, 5.41) is 16.7. The van der Waals surface area contributed by atoms with Crippen LogP contribution < -0.4 is 113 Å². The van der Waals surface area contributed by atoms with E-state index in [1.165, 1.54) is 6.92 Å². The van der Waals surface area contributed by atoms with Gasteiger partial charge in [0, 0.05) is 0 Å². The summed E-state index contributed by atoms with van der Waals surface area (Å²) < 4.78 is 0. The van der Waals surface area contributed by atoms with Crippen molar-refractivity contribution in [1.82, 2.24) is 0 Å². The molecule has 0 bridgehead atoms. The van der Waals surface area contributed by atoms with Crippen molar-refractivity contribution < 1.29 is 123 Å². The van der Waals surface area contributed by atoms with Crippen molar-refractivity contribution >= 4 is 12.4 Å². The second-order valence-corrected chi connectivity index (χ2v) is 0.486. The zero-order chi connectivity index (χ0) is 6.28. The van der Waals surface area contributed by atoms with Gasteiger partial charge in [0.15, 0.2) is 0 Å². The van der Waals surface area contributed by atoms with Gasteiger partial charge in [-0.3, -0.25) is 0 Å². The van der Waals surface area contributed by atoms with Crippen molar-refractivity contribution in [3.8, 4) is 0 Å². The molecule has 0 N–H and O–H groups in total. The summed E-state index contributed by atoms with van der Waals surface area (Å²) in [7, 11) is 0. The largest absolute Gasteiger partial charge is 1.00 e.